The topological polar surface area (TPSA) is 229 Å². The number of hydrogen-bond donors (Lipinski definition) is 0. The van der Waals surface area contributed by atoms with Crippen molar-refractivity contribution in [3.63, 3.8) is 0 Å². The molecule has 0 N–H and O–H groups in total. The number of benzene rings is 2. The molecular weight excluding hydrogens is 1410 g/mol. The van der Waals surface area contributed by atoms with Crippen molar-refractivity contribution < 1.29 is 37.9 Å². The number of rotatable bonds is 30. The van der Waals surface area contributed by atoms with Crippen LogP contribution >= 0.6 is 0 Å². The normalized spacial score (nSPS) is 13.5. The van der Waals surface area contributed by atoms with E-state index >= 15 is 0 Å². The Morgan fingerprint density at radius 2 is 0.487 bits per heavy atom. The maximum Gasteiger partial charge on any atom is 0.216 e. The Balaban J connectivity index is 0.508. The van der Waals surface area contributed by atoms with Gasteiger partial charge in [0.15, 0.2) is 13.6 Å². The standard InChI is InChI=1S/C93H84N12O8/c1-61-19-7-29-77(94-61)79-31-13-25-67(100-79)53-108-59-112-89-41-17-39-87(104-89)85-37-11-23-65(98-85)51-106-49-63-21-9-33-81(96-63)83-35-15-27-69(102-83)55-110-71-43-45-73-75(47-71)93(57-91(73,3)4)58-92(5,6)74-46-44-72(48-76(74)93)111-56-70-28-16-36-84(103-70)82-34-10-22-64(97-82)50-107-52-66-24-12-38-86(99-66)88-40-18-42-90(105-88)113-60-109-54-68-26-14-32-80(101-68)78-30-8-20-62(2)95-78/h7-48H,49-60H2,1-6H3. The Morgan fingerprint density at radius 1 is 0.239 bits per heavy atom. The number of aryl methyl sites for hydroxylation is 2. The molecule has 0 aliphatic heterocycles. The third-order valence-corrected chi connectivity index (χ3v) is 20.1. The molecule has 0 saturated carbocycles. The van der Waals surface area contributed by atoms with Crippen LogP contribution in [0.3, 0.4) is 0 Å². The third kappa shape index (κ3) is 17.9. The number of pyridine rings is 12. The summed E-state index contributed by atoms with van der Waals surface area (Å²) in [5.41, 5.74) is 21.7. The molecule has 1 spiro atoms. The summed E-state index contributed by atoms with van der Waals surface area (Å²) in [6.07, 6.45) is 1.90. The van der Waals surface area contributed by atoms with E-state index in [1.165, 1.54) is 22.3 Å². The van der Waals surface area contributed by atoms with Crippen LogP contribution in [0.4, 0.5) is 0 Å². The Bertz CT molecular complexity index is 5390. The van der Waals surface area contributed by atoms with Crippen molar-refractivity contribution >= 4 is 0 Å². The highest BCUT2D eigenvalue weighted by atomic mass is 16.7. The Morgan fingerprint density at radius 3 is 0.779 bits per heavy atom. The molecule has 0 bridgehead atoms. The largest absolute Gasteiger partial charge is 0.487 e. The number of fused-ring (bicyclic) bond motifs is 4. The van der Waals surface area contributed by atoms with Crippen LogP contribution in [-0.4, -0.2) is 73.4 Å². The molecule has 12 heterocycles. The summed E-state index contributed by atoms with van der Waals surface area (Å²) in [7, 11) is 0. The molecule has 12 aromatic heterocycles. The predicted octanol–water partition coefficient (Wildman–Crippen LogP) is 18.4. The van der Waals surface area contributed by atoms with Gasteiger partial charge in [0, 0.05) is 28.9 Å². The number of ether oxygens (including phenoxy) is 8. The lowest BCUT2D eigenvalue weighted by atomic mass is 9.72. The quantitative estimate of drug-likeness (QED) is 0.0301. The molecule has 16 rings (SSSR count). The second-order valence-corrected chi connectivity index (χ2v) is 29.6. The highest BCUT2D eigenvalue weighted by Gasteiger charge is 2.56. The van der Waals surface area contributed by atoms with Gasteiger partial charge in [-0.25, -0.2) is 49.8 Å². The molecule has 0 fully saturated rings. The van der Waals surface area contributed by atoms with Gasteiger partial charge in [-0.05, 0) is 217 Å². The molecule has 0 atom stereocenters. The number of hydrogen-bond acceptors (Lipinski definition) is 20. The fraction of sp³-hybridized carbons (Fsp3) is 0.226. The van der Waals surface area contributed by atoms with Crippen molar-refractivity contribution in [2.24, 2.45) is 0 Å². The lowest BCUT2D eigenvalue weighted by Gasteiger charge is -2.30. The van der Waals surface area contributed by atoms with Gasteiger partial charge >= 0.3 is 0 Å². The molecule has 2 aliphatic carbocycles. The third-order valence-electron chi connectivity index (χ3n) is 20.1. The fourth-order valence-corrected chi connectivity index (χ4v) is 15.1. The van der Waals surface area contributed by atoms with Gasteiger partial charge in [0.05, 0.1) is 154 Å². The zero-order chi connectivity index (χ0) is 77.1. The van der Waals surface area contributed by atoms with E-state index in [0.29, 0.717) is 34.5 Å². The van der Waals surface area contributed by atoms with Crippen LogP contribution in [-0.2, 0) is 88.0 Å². The highest BCUT2D eigenvalue weighted by Crippen LogP contribution is 2.63. The minimum atomic E-state index is -0.270. The van der Waals surface area contributed by atoms with E-state index in [1.807, 2.05) is 220 Å². The van der Waals surface area contributed by atoms with Crippen LogP contribution in [0.1, 0.15) is 120 Å². The molecule has 20 heteroatoms. The number of nitrogens with zero attached hydrogens (tertiary/aromatic N) is 12. The molecule has 0 radical (unpaired) electrons. The van der Waals surface area contributed by atoms with E-state index in [4.69, 9.17) is 87.7 Å². The predicted molar refractivity (Wildman–Crippen MR) is 429 cm³/mol. The van der Waals surface area contributed by atoms with Crippen LogP contribution in [0.25, 0.3) is 68.3 Å². The molecule has 0 saturated heterocycles. The monoisotopic (exact) mass is 1500 g/mol. The maximum absolute atomic E-state index is 6.69. The lowest BCUT2D eigenvalue weighted by Crippen LogP contribution is -2.27. The summed E-state index contributed by atoms with van der Waals surface area (Å²) in [5, 5.41) is 0. The van der Waals surface area contributed by atoms with E-state index in [-0.39, 0.29) is 82.7 Å². The van der Waals surface area contributed by atoms with E-state index in [9.17, 15) is 0 Å². The van der Waals surface area contributed by atoms with Crippen LogP contribution in [0.5, 0.6) is 23.3 Å². The van der Waals surface area contributed by atoms with Gasteiger partial charge < -0.3 is 37.9 Å². The van der Waals surface area contributed by atoms with Crippen molar-refractivity contribution in [3.8, 4) is 91.6 Å². The first-order valence-electron chi connectivity index (χ1n) is 37.8. The van der Waals surface area contributed by atoms with E-state index in [2.05, 4.69) is 74.1 Å². The molecule has 20 nitrogen and oxygen atoms in total. The molecule has 2 aliphatic rings. The van der Waals surface area contributed by atoms with Gasteiger partial charge in [0.1, 0.15) is 24.7 Å². The van der Waals surface area contributed by atoms with Gasteiger partial charge in [0.25, 0.3) is 0 Å². The molecule has 113 heavy (non-hydrogen) atoms. The lowest BCUT2D eigenvalue weighted by molar-refractivity contribution is 0.00116. The van der Waals surface area contributed by atoms with Crippen LogP contribution in [0.15, 0.2) is 255 Å². The second kappa shape index (κ2) is 33.5. The van der Waals surface area contributed by atoms with E-state index in [1.54, 1.807) is 12.1 Å². The molecular formula is C93H84N12O8. The van der Waals surface area contributed by atoms with Crippen molar-refractivity contribution in [3.05, 3.63) is 334 Å². The molecule has 2 aromatic carbocycles. The van der Waals surface area contributed by atoms with Crippen LogP contribution in [0.2, 0.25) is 0 Å². The summed E-state index contributed by atoms with van der Waals surface area (Å²) in [4.78, 5) is 57.8. The average molecular weight is 1500 g/mol. The second-order valence-electron chi connectivity index (χ2n) is 29.6. The summed E-state index contributed by atoms with van der Waals surface area (Å²) >= 11 is 0. The Kier molecular flexibility index (Phi) is 22.0. The minimum absolute atomic E-state index is 0.00346. The maximum atomic E-state index is 6.69. The molecule has 14 aromatic rings. The highest BCUT2D eigenvalue weighted by molar-refractivity contribution is 5.64. The zero-order valence-corrected chi connectivity index (χ0v) is 63.9. The van der Waals surface area contributed by atoms with Crippen molar-refractivity contribution in [2.45, 2.75) is 123 Å². The van der Waals surface area contributed by atoms with E-state index in [0.717, 1.165) is 127 Å². The van der Waals surface area contributed by atoms with Gasteiger partial charge in [0.2, 0.25) is 11.8 Å². The molecule has 0 amide bonds. The minimum Gasteiger partial charge on any atom is -0.487 e. The summed E-state index contributed by atoms with van der Waals surface area (Å²) in [5.74, 6) is 2.42. The Hall–Kier alpha value is -12.7. The Labute approximate surface area is 656 Å². The van der Waals surface area contributed by atoms with Gasteiger partial charge in [-0.15, -0.1) is 0 Å². The summed E-state index contributed by atoms with van der Waals surface area (Å²) < 4.78 is 49.3. The SMILES string of the molecule is Cc1cccc(-c2cccc(COCOc3cccc(-c4cccc(COCc5cccc(-c6cccc(COc7ccc8c(c7)C7(CC8(C)C)CC(C)(C)c8ccc(OCc9cccc(-c%10cccc(COCc%11cccc(-c%12cccc(OCOCc%13cccc(-c%14cccc(C)n%14)n%13)n%12)n%11)n%10)n9)cc87)n6)n5)n4)n3)n2)n1. The van der Waals surface area contributed by atoms with Crippen LogP contribution in [0, 0.1) is 13.8 Å². The molecule has 0 unspecified atom stereocenters. The smallest absolute Gasteiger partial charge is 0.216 e. The van der Waals surface area contributed by atoms with Gasteiger partial charge in [-0.1, -0.05) is 113 Å². The first kappa shape index (κ1) is 74.4. The average Bonchev–Trinajstić information content (AvgIpc) is 1.53. The van der Waals surface area contributed by atoms with E-state index < -0.39 is 0 Å². The molecule has 564 valence electrons. The van der Waals surface area contributed by atoms with Gasteiger partial charge in [-0.3, -0.25) is 9.97 Å². The summed E-state index contributed by atoms with van der Waals surface area (Å²) in [6, 6.07) is 83.1. The first-order valence-corrected chi connectivity index (χ1v) is 37.8. The number of aromatic nitrogens is 12. The zero-order valence-electron chi connectivity index (χ0n) is 63.9. The summed E-state index contributed by atoms with van der Waals surface area (Å²) in [6.45, 7) is 15.5. The first-order chi connectivity index (χ1) is 55.2. The van der Waals surface area contributed by atoms with Crippen molar-refractivity contribution in [1.82, 2.24) is 59.8 Å². The fourth-order valence-electron chi connectivity index (χ4n) is 15.1. The van der Waals surface area contributed by atoms with Gasteiger partial charge in [-0.2, -0.15) is 0 Å². The van der Waals surface area contributed by atoms with Crippen molar-refractivity contribution in [2.75, 3.05) is 13.6 Å². The van der Waals surface area contributed by atoms with Crippen molar-refractivity contribution in [1.29, 1.82) is 0 Å². The van der Waals surface area contributed by atoms with Crippen LogP contribution < -0.4 is 18.9 Å².